The van der Waals surface area contributed by atoms with E-state index in [1.807, 2.05) is 35.2 Å². The molecule has 3 aliphatic rings. The molecule has 3 atom stereocenters. The molecule has 0 radical (unpaired) electrons. The first-order chi connectivity index (χ1) is 16.0. The zero-order chi connectivity index (χ0) is 22.9. The van der Waals surface area contributed by atoms with Crippen molar-refractivity contribution in [3.8, 4) is 11.3 Å². The molecule has 4 nitrogen and oxygen atoms in total. The molecular weight excluding hydrogens is 470 g/mol. The average Bonchev–Trinajstić information content (AvgIpc) is 3.57. The molecule has 3 fully saturated rings. The molecule has 33 heavy (non-hydrogen) atoms. The summed E-state index contributed by atoms with van der Waals surface area (Å²) in [5.74, 6) is 1.48. The summed E-state index contributed by atoms with van der Waals surface area (Å²) in [4.78, 5) is 19.6. The van der Waals surface area contributed by atoms with Crippen molar-refractivity contribution >= 4 is 51.9 Å². The first-order valence-electron chi connectivity index (χ1n) is 12.0. The number of amides is 1. The summed E-state index contributed by atoms with van der Waals surface area (Å²) in [6, 6.07) is 10.3. The van der Waals surface area contributed by atoms with Gasteiger partial charge in [0.2, 0.25) is 0 Å². The Labute approximate surface area is 210 Å². The Morgan fingerprint density at radius 1 is 1.18 bits per heavy atom. The van der Waals surface area contributed by atoms with Gasteiger partial charge in [-0.2, -0.15) is 0 Å². The Morgan fingerprint density at radius 2 is 2.00 bits per heavy atom. The highest BCUT2D eigenvalue weighted by atomic mass is 35.5. The van der Waals surface area contributed by atoms with E-state index in [9.17, 15) is 4.79 Å². The van der Waals surface area contributed by atoms with E-state index in [4.69, 9.17) is 29.6 Å². The fourth-order valence-electron chi connectivity index (χ4n) is 5.69. The summed E-state index contributed by atoms with van der Waals surface area (Å²) in [7, 11) is 0. The lowest BCUT2D eigenvalue weighted by Crippen LogP contribution is -2.41. The van der Waals surface area contributed by atoms with Crippen LogP contribution in [0.2, 0.25) is 5.02 Å². The number of thioether (sulfide) groups is 1. The Hall–Kier alpha value is -1.60. The van der Waals surface area contributed by atoms with E-state index in [2.05, 4.69) is 11.1 Å². The van der Waals surface area contributed by atoms with Crippen LogP contribution in [0.5, 0.6) is 0 Å². The van der Waals surface area contributed by atoms with Crippen molar-refractivity contribution in [2.75, 3.05) is 6.54 Å². The van der Waals surface area contributed by atoms with E-state index in [0.717, 1.165) is 75.8 Å². The lowest BCUT2D eigenvalue weighted by Gasteiger charge is -2.30. The number of H-pyrrole nitrogens is 1. The van der Waals surface area contributed by atoms with Gasteiger partial charge in [-0.05, 0) is 92.3 Å². The molecule has 1 aliphatic heterocycles. The molecule has 7 heteroatoms. The first-order valence-corrected chi connectivity index (χ1v) is 13.6. The van der Waals surface area contributed by atoms with Gasteiger partial charge in [0.25, 0.3) is 5.91 Å². The molecule has 2 heterocycles. The van der Waals surface area contributed by atoms with Crippen LogP contribution in [0.4, 0.5) is 0 Å². The minimum Gasteiger partial charge on any atom is -0.355 e. The van der Waals surface area contributed by atoms with E-state index in [1.54, 1.807) is 0 Å². The second kappa shape index (κ2) is 9.95. The van der Waals surface area contributed by atoms with Crippen molar-refractivity contribution in [1.29, 1.82) is 0 Å². The number of nitrogens with two attached hydrogens (primary N) is 1. The van der Waals surface area contributed by atoms with Crippen LogP contribution in [-0.4, -0.2) is 32.7 Å². The predicted octanol–water partition coefficient (Wildman–Crippen LogP) is 6.40. The van der Waals surface area contributed by atoms with Crippen LogP contribution in [0.25, 0.3) is 17.3 Å². The van der Waals surface area contributed by atoms with Crippen LogP contribution in [-0.2, 0) is 11.2 Å². The van der Waals surface area contributed by atoms with E-state index in [0.29, 0.717) is 12.0 Å². The number of thiocarbonyl (C=S) groups is 1. The molecule has 1 aromatic heterocycles. The van der Waals surface area contributed by atoms with Crippen molar-refractivity contribution in [1.82, 2.24) is 9.88 Å². The quantitative estimate of drug-likeness (QED) is 0.251. The standard InChI is InChI=1S/C26H30ClN3OS2/c27-20-9-7-17(8-10-20)21-14-18(4-2-1-3-11-28)22(29-21)15-24-25(31)30(26(32)33-24)23-13-16-5-6-19(23)12-16/h7-10,14-16,19,23,29H,1-6,11-13,28H2. The van der Waals surface area contributed by atoms with E-state index < -0.39 is 0 Å². The molecule has 2 bridgehead atoms. The molecule has 174 valence electrons. The maximum Gasteiger partial charge on any atom is 0.266 e. The van der Waals surface area contributed by atoms with Gasteiger partial charge < -0.3 is 10.7 Å². The van der Waals surface area contributed by atoms with Gasteiger partial charge >= 0.3 is 0 Å². The number of nitrogens with zero attached hydrogens (tertiary/aromatic N) is 1. The number of aryl methyl sites for hydroxylation is 1. The van der Waals surface area contributed by atoms with Crippen LogP contribution >= 0.6 is 35.6 Å². The molecule has 5 rings (SSSR count). The fraction of sp³-hybridized carbons (Fsp3) is 0.462. The second-order valence-corrected chi connectivity index (χ2v) is 11.6. The van der Waals surface area contributed by atoms with Gasteiger partial charge in [-0.3, -0.25) is 9.69 Å². The number of benzene rings is 1. The molecule has 2 saturated carbocycles. The van der Waals surface area contributed by atoms with Crippen LogP contribution in [0.3, 0.4) is 0 Å². The third-order valence-corrected chi connectivity index (χ3v) is 8.95. The number of carbonyl (C=O) groups is 1. The Balaban J connectivity index is 1.41. The van der Waals surface area contributed by atoms with Gasteiger partial charge in [0.15, 0.2) is 0 Å². The molecule has 1 aromatic carbocycles. The topological polar surface area (TPSA) is 62.1 Å². The molecule has 1 saturated heterocycles. The third-order valence-electron chi connectivity index (χ3n) is 7.37. The number of fused-ring (bicyclic) bond motifs is 2. The van der Waals surface area contributed by atoms with Gasteiger partial charge in [0.1, 0.15) is 4.32 Å². The summed E-state index contributed by atoms with van der Waals surface area (Å²) < 4.78 is 0.720. The van der Waals surface area contributed by atoms with E-state index in [-0.39, 0.29) is 5.91 Å². The monoisotopic (exact) mass is 499 g/mol. The van der Waals surface area contributed by atoms with Crippen LogP contribution < -0.4 is 5.73 Å². The number of unbranched alkanes of at least 4 members (excludes halogenated alkanes) is 2. The zero-order valence-electron chi connectivity index (χ0n) is 18.7. The fourth-order valence-corrected chi connectivity index (χ4v) is 7.18. The molecule has 0 spiro atoms. The maximum atomic E-state index is 13.4. The smallest absolute Gasteiger partial charge is 0.266 e. The van der Waals surface area contributed by atoms with Crippen molar-refractivity contribution < 1.29 is 4.79 Å². The highest BCUT2D eigenvalue weighted by molar-refractivity contribution is 8.26. The lowest BCUT2D eigenvalue weighted by molar-refractivity contribution is -0.124. The molecule has 2 aliphatic carbocycles. The van der Waals surface area contributed by atoms with Gasteiger partial charge in [-0.15, -0.1) is 0 Å². The number of hydrogen-bond acceptors (Lipinski definition) is 4. The van der Waals surface area contributed by atoms with Gasteiger partial charge in [-0.1, -0.05) is 60.6 Å². The lowest BCUT2D eigenvalue weighted by atomic mass is 9.94. The minimum absolute atomic E-state index is 0.0827. The number of rotatable bonds is 8. The summed E-state index contributed by atoms with van der Waals surface area (Å²) in [5.41, 5.74) is 10.0. The Morgan fingerprint density at radius 3 is 2.70 bits per heavy atom. The highest BCUT2D eigenvalue weighted by Crippen LogP contribution is 2.49. The third kappa shape index (κ3) is 4.81. The van der Waals surface area contributed by atoms with E-state index >= 15 is 0 Å². The maximum absolute atomic E-state index is 13.4. The summed E-state index contributed by atoms with van der Waals surface area (Å²) >= 11 is 13.2. The number of aromatic nitrogens is 1. The van der Waals surface area contributed by atoms with Crippen LogP contribution in [0.15, 0.2) is 35.2 Å². The zero-order valence-corrected chi connectivity index (χ0v) is 21.1. The number of hydrogen-bond donors (Lipinski definition) is 2. The summed E-state index contributed by atoms with van der Waals surface area (Å²) in [5, 5.41) is 0.719. The normalized spacial score (nSPS) is 25.7. The van der Waals surface area contributed by atoms with Crippen LogP contribution in [0.1, 0.15) is 56.2 Å². The number of halogens is 1. The van der Waals surface area contributed by atoms with Crippen molar-refractivity contribution in [2.24, 2.45) is 17.6 Å². The Bertz CT molecular complexity index is 1080. The Kier molecular flexibility index (Phi) is 6.98. The van der Waals surface area contributed by atoms with E-state index in [1.165, 1.54) is 36.6 Å². The van der Waals surface area contributed by atoms with Crippen molar-refractivity contribution in [3.05, 3.63) is 51.5 Å². The van der Waals surface area contributed by atoms with Crippen molar-refractivity contribution in [3.63, 3.8) is 0 Å². The number of aromatic amines is 1. The van der Waals surface area contributed by atoms with Gasteiger partial charge in [0.05, 0.1) is 4.91 Å². The van der Waals surface area contributed by atoms with Gasteiger partial charge in [-0.25, -0.2) is 0 Å². The molecule has 2 aromatic rings. The first kappa shape index (κ1) is 23.2. The minimum atomic E-state index is 0.0827. The largest absolute Gasteiger partial charge is 0.355 e. The summed E-state index contributed by atoms with van der Waals surface area (Å²) in [6.45, 7) is 0.724. The van der Waals surface area contributed by atoms with Gasteiger partial charge in [0, 0.05) is 22.5 Å². The molecule has 1 amide bonds. The molecule has 3 N–H and O–H groups in total. The number of nitrogens with one attached hydrogen (secondary N) is 1. The van der Waals surface area contributed by atoms with Crippen LogP contribution in [0, 0.1) is 11.8 Å². The average molecular weight is 500 g/mol. The predicted molar refractivity (Wildman–Crippen MR) is 142 cm³/mol. The number of carbonyl (C=O) groups excluding carboxylic acids is 1. The SMILES string of the molecule is NCCCCCc1cc(-c2ccc(Cl)cc2)[nH]c1C=C1SC(=S)N(C2CC3CCC2C3)C1=O. The second-order valence-electron chi connectivity index (χ2n) is 9.52. The molecule has 3 unspecified atom stereocenters. The van der Waals surface area contributed by atoms with Crippen molar-refractivity contribution in [2.45, 2.75) is 57.4 Å². The summed E-state index contributed by atoms with van der Waals surface area (Å²) in [6.07, 6.45) is 11.1. The molecular formula is C26H30ClN3OS2. The highest BCUT2D eigenvalue weighted by Gasteiger charge is 2.48.